The zero-order valence-electron chi connectivity index (χ0n) is 8.21. The summed E-state index contributed by atoms with van der Waals surface area (Å²) >= 11 is 9.20. The number of hydrogen-bond acceptors (Lipinski definition) is 2. The molecule has 0 bridgehead atoms. The predicted molar refractivity (Wildman–Crippen MR) is 64.4 cm³/mol. The van der Waals surface area contributed by atoms with Gasteiger partial charge in [0.2, 0.25) is 5.28 Å². The second-order valence-corrected chi connectivity index (χ2v) is 4.53. The van der Waals surface area contributed by atoms with Gasteiger partial charge >= 0.3 is 0 Å². The first-order chi connectivity index (χ1) is 7.02. The first-order valence-electron chi connectivity index (χ1n) is 4.33. The fourth-order valence-corrected chi connectivity index (χ4v) is 2.09. The second kappa shape index (κ2) is 3.61. The Morgan fingerprint density at radius 3 is 2.80 bits per heavy atom. The van der Waals surface area contributed by atoms with Crippen LogP contribution in [0.1, 0.15) is 5.56 Å². The molecule has 0 radical (unpaired) electrons. The molecule has 0 spiro atoms. The van der Waals surface area contributed by atoms with Gasteiger partial charge in [-0.3, -0.25) is 9.36 Å². The van der Waals surface area contributed by atoms with E-state index in [0.717, 1.165) is 10.0 Å². The third-order valence-electron chi connectivity index (χ3n) is 2.33. The van der Waals surface area contributed by atoms with Crippen LogP contribution in [0.2, 0.25) is 5.28 Å². The lowest BCUT2D eigenvalue weighted by Gasteiger charge is -2.06. The lowest BCUT2D eigenvalue weighted by atomic mass is 10.1. The number of benzene rings is 1. The Balaban J connectivity index is 3.12. The van der Waals surface area contributed by atoms with Crippen LogP contribution in [0.15, 0.2) is 21.4 Å². The van der Waals surface area contributed by atoms with Crippen LogP contribution in [-0.4, -0.2) is 9.55 Å². The Hall–Kier alpha value is -0.870. The molecule has 1 aromatic carbocycles. The van der Waals surface area contributed by atoms with Gasteiger partial charge in [-0.15, -0.1) is 0 Å². The van der Waals surface area contributed by atoms with Gasteiger partial charge in [-0.2, -0.15) is 0 Å². The first kappa shape index (κ1) is 10.6. The SMILES string of the molecule is Cc1ccc(Br)c2c(=O)n(C)c(Cl)nc12. The van der Waals surface area contributed by atoms with E-state index in [9.17, 15) is 4.79 Å². The summed E-state index contributed by atoms with van der Waals surface area (Å²) in [5.41, 5.74) is 1.45. The molecule has 3 nitrogen and oxygen atoms in total. The van der Waals surface area contributed by atoms with Gasteiger partial charge in [0.05, 0.1) is 10.9 Å². The summed E-state index contributed by atoms with van der Waals surface area (Å²) in [4.78, 5) is 16.1. The van der Waals surface area contributed by atoms with Gasteiger partial charge in [0.15, 0.2) is 0 Å². The number of hydrogen-bond donors (Lipinski definition) is 0. The van der Waals surface area contributed by atoms with Crippen molar-refractivity contribution >= 4 is 38.4 Å². The molecule has 1 heterocycles. The molecule has 0 aliphatic heterocycles. The van der Waals surface area contributed by atoms with Crippen LogP contribution in [-0.2, 0) is 7.05 Å². The molecule has 0 saturated carbocycles. The summed E-state index contributed by atoms with van der Waals surface area (Å²) in [7, 11) is 1.60. The normalized spacial score (nSPS) is 10.9. The molecule has 0 aliphatic rings. The lowest BCUT2D eigenvalue weighted by Crippen LogP contribution is -2.19. The third kappa shape index (κ3) is 1.58. The largest absolute Gasteiger partial charge is 0.286 e. The van der Waals surface area contributed by atoms with Gasteiger partial charge in [0.25, 0.3) is 5.56 Å². The summed E-state index contributed by atoms with van der Waals surface area (Å²) in [5, 5.41) is 0.774. The highest BCUT2D eigenvalue weighted by molar-refractivity contribution is 9.10. The van der Waals surface area contributed by atoms with Crippen molar-refractivity contribution in [3.63, 3.8) is 0 Å². The Kier molecular flexibility index (Phi) is 2.56. The molecule has 2 aromatic rings. The van der Waals surface area contributed by atoms with Crippen molar-refractivity contribution in [1.82, 2.24) is 9.55 Å². The average molecular weight is 288 g/mol. The quantitative estimate of drug-likeness (QED) is 0.698. The van der Waals surface area contributed by atoms with Crippen molar-refractivity contribution in [2.24, 2.45) is 7.05 Å². The summed E-state index contributed by atoms with van der Waals surface area (Å²) in [6.07, 6.45) is 0. The third-order valence-corrected chi connectivity index (χ3v) is 3.33. The molecule has 0 saturated heterocycles. The molecule has 78 valence electrons. The molecule has 0 aliphatic carbocycles. The predicted octanol–water partition coefficient (Wildman–Crippen LogP) is 2.66. The van der Waals surface area contributed by atoms with Gasteiger partial charge in [0.1, 0.15) is 0 Å². The molecule has 0 unspecified atom stereocenters. The Labute approximate surface area is 99.8 Å². The van der Waals surface area contributed by atoms with Crippen molar-refractivity contribution in [3.05, 3.63) is 37.8 Å². The van der Waals surface area contributed by atoms with Crippen molar-refractivity contribution in [2.45, 2.75) is 6.92 Å². The number of fused-ring (bicyclic) bond motifs is 1. The van der Waals surface area contributed by atoms with Gasteiger partial charge in [0, 0.05) is 11.5 Å². The minimum absolute atomic E-state index is 0.138. The van der Waals surface area contributed by atoms with E-state index in [1.165, 1.54) is 4.57 Å². The molecule has 0 atom stereocenters. The maximum atomic E-state index is 11.9. The minimum atomic E-state index is -0.138. The molecule has 15 heavy (non-hydrogen) atoms. The second-order valence-electron chi connectivity index (χ2n) is 3.33. The first-order valence-corrected chi connectivity index (χ1v) is 5.51. The summed E-state index contributed by atoms with van der Waals surface area (Å²) < 4.78 is 2.07. The van der Waals surface area contributed by atoms with Gasteiger partial charge in [-0.25, -0.2) is 4.98 Å². The van der Waals surface area contributed by atoms with Crippen LogP contribution in [0.25, 0.3) is 10.9 Å². The van der Waals surface area contributed by atoms with Crippen molar-refractivity contribution in [2.75, 3.05) is 0 Å². The maximum Gasteiger partial charge on any atom is 0.263 e. The van der Waals surface area contributed by atoms with Gasteiger partial charge in [-0.05, 0) is 46.1 Å². The van der Waals surface area contributed by atoms with E-state index in [1.807, 2.05) is 19.1 Å². The molecule has 1 aromatic heterocycles. The lowest BCUT2D eigenvalue weighted by molar-refractivity contribution is 0.843. The summed E-state index contributed by atoms with van der Waals surface area (Å²) in [5.74, 6) is 0. The molecular weight excluding hydrogens is 279 g/mol. The molecule has 0 amide bonds. The molecule has 5 heteroatoms. The van der Waals surface area contributed by atoms with Gasteiger partial charge in [-0.1, -0.05) is 6.07 Å². The smallest absolute Gasteiger partial charge is 0.263 e. The van der Waals surface area contributed by atoms with E-state index in [2.05, 4.69) is 20.9 Å². The Morgan fingerprint density at radius 2 is 2.13 bits per heavy atom. The maximum absolute atomic E-state index is 11.9. The topological polar surface area (TPSA) is 34.9 Å². The molecule has 0 fully saturated rings. The summed E-state index contributed by atoms with van der Waals surface area (Å²) in [6, 6.07) is 3.74. The highest BCUT2D eigenvalue weighted by Gasteiger charge is 2.11. The number of halogens is 2. The van der Waals surface area contributed by atoms with Crippen LogP contribution < -0.4 is 5.56 Å². The highest BCUT2D eigenvalue weighted by atomic mass is 79.9. The summed E-state index contributed by atoms with van der Waals surface area (Å²) in [6.45, 7) is 1.90. The average Bonchev–Trinajstić information content (AvgIpc) is 2.20. The zero-order chi connectivity index (χ0) is 11.2. The van der Waals surface area contributed by atoms with E-state index in [-0.39, 0.29) is 10.8 Å². The van der Waals surface area contributed by atoms with Crippen molar-refractivity contribution < 1.29 is 0 Å². The van der Waals surface area contributed by atoms with Crippen LogP contribution in [0, 0.1) is 6.92 Å². The molecule has 0 N–H and O–H groups in total. The fraction of sp³-hybridized carbons (Fsp3) is 0.200. The minimum Gasteiger partial charge on any atom is -0.286 e. The number of aromatic nitrogens is 2. The van der Waals surface area contributed by atoms with Crippen molar-refractivity contribution in [1.29, 1.82) is 0 Å². The van der Waals surface area contributed by atoms with E-state index in [4.69, 9.17) is 11.6 Å². The van der Waals surface area contributed by atoms with E-state index in [0.29, 0.717) is 10.9 Å². The highest BCUT2D eigenvalue weighted by Crippen LogP contribution is 2.23. The Bertz CT molecular complexity index is 606. The van der Waals surface area contributed by atoms with Crippen LogP contribution in [0.3, 0.4) is 0 Å². The zero-order valence-corrected chi connectivity index (χ0v) is 10.6. The number of rotatable bonds is 0. The molecular formula is C10H8BrClN2O. The number of aryl methyl sites for hydroxylation is 1. The van der Waals surface area contributed by atoms with Crippen LogP contribution in [0.5, 0.6) is 0 Å². The van der Waals surface area contributed by atoms with E-state index >= 15 is 0 Å². The van der Waals surface area contributed by atoms with Crippen LogP contribution in [0.4, 0.5) is 0 Å². The van der Waals surface area contributed by atoms with Crippen LogP contribution >= 0.6 is 27.5 Å². The van der Waals surface area contributed by atoms with Gasteiger partial charge < -0.3 is 0 Å². The number of nitrogens with zero attached hydrogens (tertiary/aromatic N) is 2. The Morgan fingerprint density at radius 1 is 1.47 bits per heavy atom. The monoisotopic (exact) mass is 286 g/mol. The molecule has 2 rings (SSSR count). The fourth-order valence-electron chi connectivity index (χ4n) is 1.44. The van der Waals surface area contributed by atoms with Crippen molar-refractivity contribution in [3.8, 4) is 0 Å². The van der Waals surface area contributed by atoms with E-state index in [1.54, 1.807) is 7.05 Å². The van der Waals surface area contributed by atoms with E-state index < -0.39 is 0 Å². The standard InChI is InChI=1S/C10H8BrClN2O/c1-5-3-4-6(11)7-8(5)13-10(12)14(2)9(7)15/h3-4H,1-2H3.